The Hall–Kier alpha value is -1.98. The Morgan fingerprint density at radius 3 is 2.82 bits per heavy atom. The maximum absolute atomic E-state index is 12.2. The number of amides is 1. The Morgan fingerprint density at radius 2 is 2.05 bits per heavy atom. The number of carbonyl (C=O) groups is 1. The molecular weight excluding hydrogens is 278 g/mol. The van der Waals surface area contributed by atoms with Crippen LogP contribution in [0.5, 0.6) is 0 Å². The van der Waals surface area contributed by atoms with Crippen molar-refractivity contribution in [3.63, 3.8) is 0 Å². The molecule has 0 bridgehead atoms. The van der Waals surface area contributed by atoms with Gasteiger partial charge in [0, 0.05) is 18.2 Å². The Balaban J connectivity index is 1.62. The summed E-state index contributed by atoms with van der Waals surface area (Å²) in [5.41, 5.74) is 0. The van der Waals surface area contributed by atoms with Crippen LogP contribution in [0.4, 0.5) is 5.82 Å². The standard InChI is InChI=1S/C17H21N3O2/c21-12-13-6-9-20(10-7-13)11-16(22)19-17-15-4-2-1-3-14(15)5-8-18-17/h1-5,8,13,21H,6-7,9-12H2,(H,18,19,22). The van der Waals surface area contributed by atoms with Gasteiger partial charge in [0.05, 0.1) is 6.54 Å². The number of aromatic nitrogens is 1. The summed E-state index contributed by atoms with van der Waals surface area (Å²) < 4.78 is 0. The smallest absolute Gasteiger partial charge is 0.239 e. The molecule has 1 aliphatic rings. The van der Waals surface area contributed by atoms with Crippen molar-refractivity contribution in [1.29, 1.82) is 0 Å². The van der Waals surface area contributed by atoms with E-state index in [9.17, 15) is 4.79 Å². The molecule has 0 atom stereocenters. The van der Waals surface area contributed by atoms with Crippen LogP contribution in [0, 0.1) is 5.92 Å². The highest BCUT2D eigenvalue weighted by atomic mass is 16.3. The molecule has 1 fully saturated rings. The molecule has 3 rings (SSSR count). The van der Waals surface area contributed by atoms with Crippen LogP contribution in [0.15, 0.2) is 36.5 Å². The van der Waals surface area contributed by atoms with E-state index in [1.165, 1.54) is 0 Å². The molecule has 1 aromatic carbocycles. The van der Waals surface area contributed by atoms with Crippen molar-refractivity contribution in [2.24, 2.45) is 5.92 Å². The molecule has 0 aliphatic carbocycles. The van der Waals surface area contributed by atoms with Crippen LogP contribution in [0.2, 0.25) is 0 Å². The van der Waals surface area contributed by atoms with Gasteiger partial charge in [-0.15, -0.1) is 0 Å². The normalized spacial score (nSPS) is 16.8. The number of fused-ring (bicyclic) bond motifs is 1. The number of hydrogen-bond acceptors (Lipinski definition) is 4. The second-order valence-corrected chi connectivity index (χ2v) is 5.83. The summed E-state index contributed by atoms with van der Waals surface area (Å²) in [4.78, 5) is 18.6. The first-order chi connectivity index (χ1) is 10.8. The van der Waals surface area contributed by atoms with Crippen LogP contribution in [-0.4, -0.2) is 47.1 Å². The van der Waals surface area contributed by atoms with Crippen molar-refractivity contribution in [3.05, 3.63) is 36.5 Å². The van der Waals surface area contributed by atoms with E-state index in [1.54, 1.807) is 6.20 Å². The fraction of sp³-hybridized carbons (Fsp3) is 0.412. The molecule has 0 saturated carbocycles. The summed E-state index contributed by atoms with van der Waals surface area (Å²) in [6, 6.07) is 9.82. The van der Waals surface area contributed by atoms with Gasteiger partial charge in [-0.2, -0.15) is 0 Å². The van der Waals surface area contributed by atoms with Crippen molar-refractivity contribution in [2.45, 2.75) is 12.8 Å². The first-order valence-electron chi connectivity index (χ1n) is 7.73. The van der Waals surface area contributed by atoms with E-state index >= 15 is 0 Å². The van der Waals surface area contributed by atoms with Crippen LogP contribution in [0.25, 0.3) is 10.8 Å². The lowest BCUT2D eigenvalue weighted by Gasteiger charge is -2.30. The van der Waals surface area contributed by atoms with E-state index in [4.69, 9.17) is 5.11 Å². The number of carbonyl (C=O) groups excluding carboxylic acids is 1. The van der Waals surface area contributed by atoms with Gasteiger partial charge < -0.3 is 10.4 Å². The SMILES string of the molecule is O=C(CN1CCC(CO)CC1)Nc1nccc2ccccc12. The number of benzene rings is 1. The topological polar surface area (TPSA) is 65.5 Å². The van der Waals surface area contributed by atoms with Crippen LogP contribution in [0.3, 0.4) is 0 Å². The molecule has 2 aromatic rings. The molecule has 1 aliphatic heterocycles. The minimum atomic E-state index is -0.0358. The summed E-state index contributed by atoms with van der Waals surface area (Å²) in [5.74, 6) is 0.971. The van der Waals surface area contributed by atoms with E-state index in [0.29, 0.717) is 18.3 Å². The summed E-state index contributed by atoms with van der Waals surface area (Å²) in [6.45, 7) is 2.35. The average Bonchev–Trinajstić information content (AvgIpc) is 2.56. The van der Waals surface area contributed by atoms with Gasteiger partial charge in [-0.25, -0.2) is 4.98 Å². The molecule has 0 unspecified atom stereocenters. The minimum absolute atomic E-state index is 0.0358. The van der Waals surface area contributed by atoms with Gasteiger partial charge in [0.2, 0.25) is 5.91 Å². The molecule has 5 heteroatoms. The number of aliphatic hydroxyl groups is 1. The molecule has 0 radical (unpaired) electrons. The van der Waals surface area contributed by atoms with E-state index in [-0.39, 0.29) is 12.5 Å². The van der Waals surface area contributed by atoms with Crippen molar-refractivity contribution in [1.82, 2.24) is 9.88 Å². The van der Waals surface area contributed by atoms with E-state index in [0.717, 1.165) is 36.7 Å². The Bertz CT molecular complexity index is 646. The quantitative estimate of drug-likeness (QED) is 0.904. The fourth-order valence-corrected chi connectivity index (χ4v) is 2.92. The molecule has 1 saturated heterocycles. The zero-order valence-electron chi connectivity index (χ0n) is 12.5. The van der Waals surface area contributed by atoms with E-state index in [2.05, 4.69) is 15.2 Å². The molecule has 2 heterocycles. The second-order valence-electron chi connectivity index (χ2n) is 5.83. The molecule has 5 nitrogen and oxygen atoms in total. The highest BCUT2D eigenvalue weighted by Crippen LogP contribution is 2.20. The van der Waals surface area contributed by atoms with Crippen molar-refractivity contribution >= 4 is 22.5 Å². The zero-order chi connectivity index (χ0) is 15.4. The number of pyridine rings is 1. The summed E-state index contributed by atoms with van der Waals surface area (Å²) in [5, 5.41) is 14.1. The van der Waals surface area contributed by atoms with Gasteiger partial charge in [0.15, 0.2) is 0 Å². The van der Waals surface area contributed by atoms with Crippen LogP contribution >= 0.6 is 0 Å². The molecule has 2 N–H and O–H groups in total. The maximum Gasteiger partial charge on any atom is 0.239 e. The lowest BCUT2D eigenvalue weighted by molar-refractivity contribution is -0.117. The van der Waals surface area contributed by atoms with E-state index < -0.39 is 0 Å². The molecule has 0 spiro atoms. The van der Waals surface area contributed by atoms with Crippen molar-refractivity contribution < 1.29 is 9.90 Å². The van der Waals surface area contributed by atoms with Gasteiger partial charge in [0.1, 0.15) is 5.82 Å². The number of aliphatic hydroxyl groups excluding tert-OH is 1. The first kappa shape index (κ1) is 14.9. The molecule has 1 amide bonds. The molecular formula is C17H21N3O2. The number of nitrogens with zero attached hydrogens (tertiary/aromatic N) is 2. The Kier molecular flexibility index (Phi) is 4.65. The molecule has 1 aromatic heterocycles. The number of piperidine rings is 1. The monoisotopic (exact) mass is 299 g/mol. The third kappa shape index (κ3) is 3.43. The minimum Gasteiger partial charge on any atom is -0.396 e. The first-order valence-corrected chi connectivity index (χ1v) is 7.73. The molecule has 22 heavy (non-hydrogen) atoms. The van der Waals surface area contributed by atoms with Gasteiger partial charge in [-0.05, 0) is 43.3 Å². The van der Waals surface area contributed by atoms with Gasteiger partial charge in [-0.3, -0.25) is 9.69 Å². The number of rotatable bonds is 4. The predicted molar refractivity (Wildman–Crippen MR) is 86.6 cm³/mol. The number of likely N-dealkylation sites (tertiary alicyclic amines) is 1. The van der Waals surface area contributed by atoms with Crippen LogP contribution in [0.1, 0.15) is 12.8 Å². The number of hydrogen-bond donors (Lipinski definition) is 2. The predicted octanol–water partition coefficient (Wildman–Crippen LogP) is 1.88. The van der Waals surface area contributed by atoms with Crippen LogP contribution in [-0.2, 0) is 4.79 Å². The number of anilines is 1. The number of nitrogens with one attached hydrogen (secondary N) is 1. The van der Waals surface area contributed by atoms with Crippen LogP contribution < -0.4 is 5.32 Å². The third-order valence-electron chi connectivity index (χ3n) is 4.26. The van der Waals surface area contributed by atoms with Crippen molar-refractivity contribution in [2.75, 3.05) is 31.6 Å². The average molecular weight is 299 g/mol. The largest absolute Gasteiger partial charge is 0.396 e. The lowest BCUT2D eigenvalue weighted by atomic mass is 9.98. The third-order valence-corrected chi connectivity index (χ3v) is 4.26. The second kappa shape index (κ2) is 6.85. The van der Waals surface area contributed by atoms with Gasteiger partial charge in [-0.1, -0.05) is 24.3 Å². The van der Waals surface area contributed by atoms with E-state index in [1.807, 2.05) is 30.3 Å². The fourth-order valence-electron chi connectivity index (χ4n) is 2.92. The van der Waals surface area contributed by atoms with Gasteiger partial charge in [0.25, 0.3) is 0 Å². The highest BCUT2D eigenvalue weighted by molar-refractivity contribution is 6.00. The highest BCUT2D eigenvalue weighted by Gasteiger charge is 2.20. The molecule has 116 valence electrons. The summed E-state index contributed by atoms with van der Waals surface area (Å²) in [7, 11) is 0. The summed E-state index contributed by atoms with van der Waals surface area (Å²) >= 11 is 0. The zero-order valence-corrected chi connectivity index (χ0v) is 12.5. The summed E-state index contributed by atoms with van der Waals surface area (Å²) in [6.07, 6.45) is 3.62. The Morgan fingerprint density at radius 1 is 1.27 bits per heavy atom. The lowest BCUT2D eigenvalue weighted by Crippen LogP contribution is -2.39. The Labute approximate surface area is 130 Å². The van der Waals surface area contributed by atoms with Crippen molar-refractivity contribution in [3.8, 4) is 0 Å². The van der Waals surface area contributed by atoms with Gasteiger partial charge >= 0.3 is 0 Å². The maximum atomic E-state index is 12.2.